The Morgan fingerprint density at radius 3 is 2.54 bits per heavy atom. The molecule has 0 aliphatic carbocycles. The van der Waals surface area contributed by atoms with Gasteiger partial charge in [-0.25, -0.2) is 4.39 Å². The molecule has 134 valence electrons. The molecule has 2 aromatic carbocycles. The summed E-state index contributed by atoms with van der Waals surface area (Å²) in [6.07, 6.45) is -4.57. The first kappa shape index (κ1) is 18.7. The number of hydrogen-bond donors (Lipinski definition) is 0. The van der Waals surface area contributed by atoms with Crippen molar-refractivity contribution in [1.82, 2.24) is 0 Å². The molecule has 0 spiro atoms. The topological polar surface area (TPSA) is 27.0 Å². The van der Waals surface area contributed by atoms with Crippen LogP contribution in [-0.2, 0) is 6.18 Å². The number of para-hydroxylation sites is 1. The van der Waals surface area contributed by atoms with Crippen LogP contribution in [0.3, 0.4) is 0 Å². The fraction of sp³-hybridized carbons (Fsp3) is 0.167. The maximum Gasteiger partial charge on any atom is 0.416 e. The summed E-state index contributed by atoms with van der Waals surface area (Å²) < 4.78 is 52.7. The third-order valence-corrected chi connectivity index (χ3v) is 5.87. The summed E-state index contributed by atoms with van der Waals surface area (Å²) in [5.74, 6) is -0.0493. The lowest BCUT2D eigenvalue weighted by atomic mass is 10.2. The van der Waals surface area contributed by atoms with Crippen molar-refractivity contribution < 1.29 is 17.6 Å². The highest BCUT2D eigenvalue weighted by molar-refractivity contribution is 8.07. The van der Waals surface area contributed by atoms with Crippen molar-refractivity contribution in [2.75, 3.05) is 17.2 Å². The van der Waals surface area contributed by atoms with Crippen LogP contribution in [0.25, 0.3) is 0 Å². The van der Waals surface area contributed by atoms with Crippen LogP contribution in [0.15, 0.2) is 63.4 Å². The van der Waals surface area contributed by atoms with Gasteiger partial charge in [0.15, 0.2) is 0 Å². The average Bonchev–Trinajstić information content (AvgIpc) is 3.10. The monoisotopic (exact) mass is 396 g/mol. The number of rotatable bonds is 3. The van der Waals surface area contributed by atoms with Gasteiger partial charge in [-0.05, 0) is 30.3 Å². The van der Waals surface area contributed by atoms with Crippen LogP contribution >= 0.6 is 23.5 Å². The first-order valence-electron chi connectivity index (χ1n) is 7.54. The van der Waals surface area contributed by atoms with Gasteiger partial charge < -0.3 is 4.90 Å². The molecule has 0 atom stereocenters. The summed E-state index contributed by atoms with van der Waals surface area (Å²) in [4.78, 5) is 1.88. The van der Waals surface area contributed by atoms with E-state index in [-0.39, 0.29) is 9.80 Å². The molecule has 0 N–H and O–H groups in total. The minimum atomic E-state index is -4.57. The van der Waals surface area contributed by atoms with Crippen LogP contribution in [0.2, 0.25) is 0 Å². The predicted molar refractivity (Wildman–Crippen MR) is 96.1 cm³/mol. The van der Waals surface area contributed by atoms with Crippen molar-refractivity contribution in [3.63, 3.8) is 0 Å². The molecule has 2 nitrogen and oxygen atoms in total. The van der Waals surface area contributed by atoms with E-state index in [1.54, 1.807) is 0 Å². The molecule has 1 aliphatic rings. The molecule has 3 rings (SSSR count). The van der Waals surface area contributed by atoms with Crippen molar-refractivity contribution in [2.45, 2.75) is 11.1 Å². The predicted octanol–water partition coefficient (Wildman–Crippen LogP) is 5.88. The number of alkyl halides is 3. The zero-order valence-corrected chi connectivity index (χ0v) is 14.9. The van der Waals surface area contributed by atoms with Crippen molar-refractivity contribution in [3.05, 3.63) is 69.8 Å². The van der Waals surface area contributed by atoms with Gasteiger partial charge in [0, 0.05) is 22.9 Å². The van der Waals surface area contributed by atoms with Gasteiger partial charge in [0.1, 0.15) is 21.8 Å². The first-order chi connectivity index (χ1) is 12.4. The van der Waals surface area contributed by atoms with Crippen molar-refractivity contribution in [2.24, 2.45) is 0 Å². The lowest BCUT2D eigenvalue weighted by Gasteiger charge is -2.20. The zero-order valence-electron chi connectivity index (χ0n) is 13.3. The number of hydrogen-bond acceptors (Lipinski definition) is 4. The minimum absolute atomic E-state index is 0.176. The van der Waals surface area contributed by atoms with Crippen LogP contribution in [0.4, 0.5) is 23.2 Å². The van der Waals surface area contributed by atoms with Gasteiger partial charge in [0.05, 0.1) is 5.56 Å². The Kier molecular flexibility index (Phi) is 5.49. The Labute approximate surface area is 156 Å². The quantitative estimate of drug-likeness (QED) is 0.368. The second-order valence-corrected chi connectivity index (χ2v) is 7.46. The molecule has 0 unspecified atom stereocenters. The second-order valence-electron chi connectivity index (χ2n) is 5.33. The molecule has 0 bridgehead atoms. The Hall–Kier alpha value is -2.11. The van der Waals surface area contributed by atoms with Gasteiger partial charge in [-0.15, -0.1) is 11.8 Å². The maximum atomic E-state index is 14.0. The van der Waals surface area contributed by atoms with Crippen LogP contribution in [0.1, 0.15) is 5.56 Å². The van der Waals surface area contributed by atoms with Gasteiger partial charge >= 0.3 is 6.18 Å². The lowest BCUT2D eigenvalue weighted by Crippen LogP contribution is -2.17. The number of allylic oxidation sites excluding steroid dienone is 1. The van der Waals surface area contributed by atoms with E-state index in [2.05, 4.69) is 0 Å². The molecule has 8 heteroatoms. The summed E-state index contributed by atoms with van der Waals surface area (Å²) >= 11 is 2.15. The standard InChI is InChI=1S/C18H12F4N2S2/c19-14-7-6-12(18(20,21)22)10-15(14)26-16(11-23)17-24(8-9-25-17)13-4-2-1-3-5-13/h1-7,10H,8-9H2/b17-16+. The Balaban J connectivity index is 1.97. The van der Waals surface area contributed by atoms with Crippen molar-refractivity contribution >= 4 is 29.2 Å². The normalized spacial score (nSPS) is 16.5. The number of nitrogens with zero attached hydrogens (tertiary/aromatic N) is 2. The summed E-state index contributed by atoms with van der Waals surface area (Å²) in [5, 5.41) is 10.1. The number of anilines is 1. The van der Waals surface area contributed by atoms with E-state index in [0.717, 1.165) is 35.3 Å². The van der Waals surface area contributed by atoms with Gasteiger partial charge in [-0.1, -0.05) is 30.0 Å². The van der Waals surface area contributed by atoms with Crippen molar-refractivity contribution in [1.29, 1.82) is 5.26 Å². The van der Waals surface area contributed by atoms with E-state index >= 15 is 0 Å². The molecule has 1 heterocycles. The van der Waals surface area contributed by atoms with Crippen LogP contribution in [-0.4, -0.2) is 12.3 Å². The highest BCUT2D eigenvalue weighted by atomic mass is 32.2. The Morgan fingerprint density at radius 2 is 1.88 bits per heavy atom. The SMILES string of the molecule is N#C/C(Sc1cc(C(F)(F)F)ccc1F)=C1\SCCN1c1ccccc1. The van der Waals surface area contributed by atoms with Crippen LogP contribution in [0.5, 0.6) is 0 Å². The van der Waals surface area contributed by atoms with Crippen LogP contribution in [0, 0.1) is 17.1 Å². The average molecular weight is 396 g/mol. The number of benzene rings is 2. The Morgan fingerprint density at radius 1 is 1.15 bits per heavy atom. The zero-order chi connectivity index (χ0) is 18.7. The van der Waals surface area contributed by atoms with Gasteiger partial charge in [-0.2, -0.15) is 18.4 Å². The first-order valence-corrected chi connectivity index (χ1v) is 9.34. The molecular formula is C18H12F4N2S2. The maximum absolute atomic E-state index is 14.0. The molecule has 0 aromatic heterocycles. The van der Waals surface area contributed by atoms with E-state index < -0.39 is 17.6 Å². The minimum Gasteiger partial charge on any atom is -0.334 e. The highest BCUT2D eigenvalue weighted by Crippen LogP contribution is 2.42. The number of thioether (sulfide) groups is 2. The highest BCUT2D eigenvalue weighted by Gasteiger charge is 2.32. The molecule has 26 heavy (non-hydrogen) atoms. The van der Waals surface area contributed by atoms with Gasteiger partial charge in [0.25, 0.3) is 0 Å². The van der Waals surface area contributed by atoms with Gasteiger partial charge in [0.2, 0.25) is 0 Å². The fourth-order valence-corrected chi connectivity index (χ4v) is 4.55. The summed E-state index contributed by atoms with van der Waals surface area (Å²) in [6.45, 7) is 0.667. The van der Waals surface area contributed by atoms with E-state index in [4.69, 9.17) is 0 Å². The van der Waals surface area contributed by atoms with E-state index in [9.17, 15) is 22.8 Å². The molecule has 2 aromatic rings. The third kappa shape index (κ3) is 4.00. The molecule has 0 radical (unpaired) electrons. The summed E-state index contributed by atoms with van der Waals surface area (Å²) in [7, 11) is 0. The number of nitriles is 1. The third-order valence-electron chi connectivity index (χ3n) is 3.63. The largest absolute Gasteiger partial charge is 0.416 e. The molecule has 0 saturated carbocycles. The lowest BCUT2D eigenvalue weighted by molar-refractivity contribution is -0.137. The van der Waals surface area contributed by atoms with Crippen LogP contribution < -0.4 is 4.90 Å². The summed E-state index contributed by atoms with van der Waals surface area (Å²) in [6, 6.07) is 13.6. The van der Waals surface area contributed by atoms with Gasteiger partial charge in [-0.3, -0.25) is 0 Å². The second kappa shape index (κ2) is 7.64. The molecular weight excluding hydrogens is 384 g/mol. The summed E-state index contributed by atoms with van der Waals surface area (Å²) in [5.41, 5.74) is -0.0620. The molecule has 1 aliphatic heterocycles. The fourth-order valence-electron chi connectivity index (χ4n) is 2.44. The van der Waals surface area contributed by atoms with E-state index in [0.29, 0.717) is 17.6 Å². The molecule has 1 saturated heterocycles. The Bertz CT molecular complexity index is 873. The molecule has 1 fully saturated rings. The smallest absolute Gasteiger partial charge is 0.334 e. The number of halogens is 4. The van der Waals surface area contributed by atoms with Crippen molar-refractivity contribution in [3.8, 4) is 6.07 Å². The van der Waals surface area contributed by atoms with E-state index in [1.165, 1.54) is 11.8 Å². The van der Waals surface area contributed by atoms with E-state index in [1.807, 2.05) is 41.3 Å². The molecule has 0 amide bonds.